The molecular weight excluding hydrogens is 956 g/mol. The zero-order valence-corrected chi connectivity index (χ0v) is 32.4. The molecule has 0 unspecified atom stereocenters. The molecule has 4 aromatic heterocycles. The van der Waals surface area contributed by atoms with E-state index in [9.17, 15) is 0 Å². The summed E-state index contributed by atoms with van der Waals surface area (Å²) in [4.78, 5) is 18.8. The van der Waals surface area contributed by atoms with Gasteiger partial charge in [-0.15, -0.1) is 71.8 Å². The van der Waals surface area contributed by atoms with Crippen molar-refractivity contribution < 1.29 is 51.0 Å². The van der Waals surface area contributed by atoms with Crippen molar-refractivity contribution in [1.29, 1.82) is 0 Å². The minimum Gasteiger partial charge on any atom is -0.503 e. The molecule has 4 heterocycles. The molecule has 10 rings (SSSR count). The first-order chi connectivity index (χ1) is 26.2. The molecule has 0 saturated heterocycles. The van der Waals surface area contributed by atoms with Crippen LogP contribution in [0.2, 0.25) is 0 Å². The maximum absolute atomic E-state index is 6.36. The number of aromatic nitrogens is 5. The molecule has 0 radical (unpaired) electrons. The third-order valence-corrected chi connectivity index (χ3v) is 9.01. The monoisotopic (exact) mass is 980 g/mol. The summed E-state index contributed by atoms with van der Waals surface area (Å²) in [6.45, 7) is 0. The first-order valence-corrected chi connectivity index (χ1v) is 17.0. The minimum atomic E-state index is 0. The van der Waals surface area contributed by atoms with Gasteiger partial charge >= 0.3 is 41.5 Å². The predicted molar refractivity (Wildman–Crippen MR) is 206 cm³/mol. The fourth-order valence-electron chi connectivity index (χ4n) is 6.53. The van der Waals surface area contributed by atoms with E-state index in [-0.39, 0.29) is 41.5 Å². The van der Waals surface area contributed by atoms with Crippen molar-refractivity contribution in [3.63, 3.8) is 0 Å². The van der Waals surface area contributed by atoms with Crippen LogP contribution < -0.4 is 9.47 Å². The van der Waals surface area contributed by atoms with Gasteiger partial charge in [0.25, 0.3) is 0 Å². The Morgan fingerprint density at radius 3 is 1.42 bits per heavy atom. The summed E-state index contributed by atoms with van der Waals surface area (Å²) < 4.78 is 14.6. The Morgan fingerprint density at radius 1 is 0.436 bits per heavy atom. The molecule has 7 nitrogen and oxygen atoms in total. The number of hydrogen-bond donors (Lipinski definition) is 0. The molecule has 0 aliphatic rings. The van der Waals surface area contributed by atoms with Gasteiger partial charge in [0.2, 0.25) is 5.95 Å². The Bertz CT molecular complexity index is 2810. The van der Waals surface area contributed by atoms with Crippen LogP contribution in [0.4, 0.5) is 0 Å². The van der Waals surface area contributed by atoms with Crippen molar-refractivity contribution in [2.75, 3.05) is 0 Å². The molecule has 0 bridgehead atoms. The largest absolute Gasteiger partial charge is 2.00 e. The normalized spacial score (nSPS) is 11.0. The Labute approximate surface area is 344 Å². The smallest absolute Gasteiger partial charge is 0.503 e. The molecule has 6 aromatic carbocycles. The van der Waals surface area contributed by atoms with Gasteiger partial charge in [0, 0.05) is 35.4 Å². The Morgan fingerprint density at radius 2 is 0.909 bits per heavy atom. The van der Waals surface area contributed by atoms with Gasteiger partial charge in [-0.1, -0.05) is 83.8 Å². The maximum atomic E-state index is 6.36. The molecule has 266 valence electrons. The number of ether oxygens (including phenoxy) is 2. The van der Waals surface area contributed by atoms with Gasteiger partial charge in [0.1, 0.15) is 0 Å². The number of rotatable bonds is 7. The molecule has 0 saturated carbocycles. The van der Waals surface area contributed by atoms with Gasteiger partial charge in [-0.05, 0) is 40.4 Å². The third kappa shape index (κ3) is 7.04. The van der Waals surface area contributed by atoms with E-state index in [1.54, 1.807) is 18.5 Å². The first-order valence-electron chi connectivity index (χ1n) is 17.0. The SMILES string of the molecule is [Pd+2].[Pt+2].[c-]1c(Oc2[c-]c3c(cc2)c2ccc(Oc4[c-]c(-c5ccc6ccccc6n5)ccc4)[c-]c2n3-c2ncccn2)cccc1-c1ccc2ccccc2n1. The number of benzene rings is 6. The zero-order valence-electron chi connectivity index (χ0n) is 28.6. The molecular formula is C46H25N5O2PdPt. The van der Waals surface area contributed by atoms with Crippen LogP contribution in [-0.4, -0.2) is 24.5 Å². The summed E-state index contributed by atoms with van der Waals surface area (Å²) in [5.41, 5.74) is 6.63. The summed E-state index contributed by atoms with van der Waals surface area (Å²) in [7, 11) is 0. The maximum Gasteiger partial charge on any atom is 2.00 e. The van der Waals surface area contributed by atoms with E-state index in [4.69, 9.17) is 19.4 Å². The average molecular weight is 981 g/mol. The van der Waals surface area contributed by atoms with E-state index in [1.165, 1.54) is 0 Å². The van der Waals surface area contributed by atoms with Crippen LogP contribution in [0.1, 0.15) is 0 Å². The molecule has 0 amide bonds. The number of fused-ring (bicyclic) bond motifs is 5. The Hall–Kier alpha value is -6.03. The number of nitrogens with zero attached hydrogens (tertiary/aromatic N) is 5. The van der Waals surface area contributed by atoms with Crippen molar-refractivity contribution in [1.82, 2.24) is 24.5 Å². The van der Waals surface area contributed by atoms with Crippen LogP contribution in [0.5, 0.6) is 23.0 Å². The van der Waals surface area contributed by atoms with Crippen LogP contribution in [0.3, 0.4) is 0 Å². The zero-order chi connectivity index (χ0) is 35.1. The van der Waals surface area contributed by atoms with Crippen molar-refractivity contribution in [3.05, 3.63) is 176 Å². The van der Waals surface area contributed by atoms with E-state index in [1.807, 2.05) is 114 Å². The van der Waals surface area contributed by atoms with Gasteiger partial charge in [-0.2, -0.15) is 22.9 Å². The number of para-hydroxylation sites is 2. The second kappa shape index (κ2) is 15.4. The van der Waals surface area contributed by atoms with Gasteiger partial charge in [-0.3, -0.25) is 9.97 Å². The van der Waals surface area contributed by atoms with E-state index < -0.39 is 0 Å². The third-order valence-electron chi connectivity index (χ3n) is 9.01. The quantitative estimate of drug-likeness (QED) is 0.117. The molecule has 0 atom stereocenters. The second-order valence-electron chi connectivity index (χ2n) is 12.4. The topological polar surface area (TPSA) is 75.0 Å². The minimum absolute atomic E-state index is 0. The van der Waals surface area contributed by atoms with E-state index in [2.05, 4.69) is 58.5 Å². The van der Waals surface area contributed by atoms with Crippen LogP contribution in [0, 0.1) is 24.3 Å². The standard InChI is InChI=1S/C46H25N5O2.Pd.Pt/c1-3-14-40-30(8-1)16-22-42(49-40)32-10-5-12-34(26-32)52-36-18-20-38-39-21-19-37(29-45(39)51(44(38)28-36)46-47-24-7-25-48-46)53-35-13-6-11-33(27-35)43-23-17-31-9-2-4-15-41(31)50-43;;/h1-25H;;/q-4;2*+2. The number of pyridine rings is 2. The summed E-state index contributed by atoms with van der Waals surface area (Å²) >= 11 is 0. The molecule has 55 heavy (non-hydrogen) atoms. The Kier molecular flexibility index (Phi) is 10.1. The average Bonchev–Trinajstić information content (AvgIpc) is 3.53. The molecule has 10 aromatic rings. The van der Waals surface area contributed by atoms with Crippen LogP contribution in [-0.2, 0) is 41.5 Å². The molecule has 0 aliphatic heterocycles. The fraction of sp³-hybridized carbons (Fsp3) is 0. The second-order valence-corrected chi connectivity index (χ2v) is 12.4. The van der Waals surface area contributed by atoms with Gasteiger partial charge in [0.05, 0.1) is 11.0 Å². The predicted octanol–water partition coefficient (Wildman–Crippen LogP) is 10.8. The van der Waals surface area contributed by atoms with Crippen molar-refractivity contribution in [2.24, 2.45) is 0 Å². The fourth-order valence-corrected chi connectivity index (χ4v) is 6.53. The molecule has 0 fully saturated rings. The molecule has 0 N–H and O–H groups in total. The number of hydrogen-bond acceptors (Lipinski definition) is 6. The van der Waals surface area contributed by atoms with E-state index >= 15 is 0 Å². The van der Waals surface area contributed by atoms with Gasteiger partial charge < -0.3 is 14.0 Å². The van der Waals surface area contributed by atoms with Gasteiger partial charge in [0.15, 0.2) is 0 Å². The molecule has 0 aliphatic carbocycles. The molecule has 0 spiro atoms. The van der Waals surface area contributed by atoms with Crippen LogP contribution in [0.15, 0.2) is 152 Å². The Balaban J connectivity index is 0.00000214. The first kappa shape index (κ1) is 36.0. The van der Waals surface area contributed by atoms with Crippen LogP contribution >= 0.6 is 0 Å². The summed E-state index contributed by atoms with van der Waals surface area (Å²) in [6, 6.07) is 59.1. The summed E-state index contributed by atoms with van der Waals surface area (Å²) in [5.74, 6) is 2.60. The van der Waals surface area contributed by atoms with Crippen molar-refractivity contribution in [2.45, 2.75) is 0 Å². The summed E-state index contributed by atoms with van der Waals surface area (Å²) in [5, 5.41) is 4.05. The van der Waals surface area contributed by atoms with Crippen LogP contribution in [0.25, 0.3) is 72.1 Å². The van der Waals surface area contributed by atoms with E-state index in [0.29, 0.717) is 28.9 Å². The summed E-state index contributed by atoms with van der Waals surface area (Å²) in [6.07, 6.45) is 3.42. The van der Waals surface area contributed by atoms with Crippen molar-refractivity contribution in [3.8, 4) is 51.5 Å². The van der Waals surface area contributed by atoms with Gasteiger partial charge in [-0.25, -0.2) is 9.97 Å². The molecule has 9 heteroatoms. The van der Waals surface area contributed by atoms with E-state index in [0.717, 1.165) is 66.1 Å². The van der Waals surface area contributed by atoms with Crippen molar-refractivity contribution >= 4 is 43.6 Å².